The van der Waals surface area contributed by atoms with Crippen LogP contribution in [0.2, 0.25) is 0 Å². The monoisotopic (exact) mass is 342 g/mol. The van der Waals surface area contributed by atoms with Crippen LogP contribution in [0.3, 0.4) is 0 Å². The Morgan fingerprint density at radius 1 is 1.16 bits per heavy atom. The van der Waals surface area contributed by atoms with Gasteiger partial charge in [0, 0.05) is 6.42 Å². The molecule has 0 spiro atoms. The molecule has 0 radical (unpaired) electrons. The molecule has 1 aromatic heterocycles. The molecule has 130 valence electrons. The number of benzene rings is 1. The van der Waals surface area contributed by atoms with E-state index in [2.05, 4.69) is 9.84 Å². The molecule has 1 heterocycles. The van der Waals surface area contributed by atoms with Crippen molar-refractivity contribution in [3.05, 3.63) is 46.8 Å². The van der Waals surface area contributed by atoms with Crippen molar-refractivity contribution in [3.8, 4) is 5.69 Å². The maximum atomic E-state index is 12.3. The van der Waals surface area contributed by atoms with Crippen molar-refractivity contribution < 1.29 is 23.9 Å². The summed E-state index contributed by atoms with van der Waals surface area (Å²) in [6.45, 7) is 1.91. The zero-order valence-electron chi connectivity index (χ0n) is 14.1. The summed E-state index contributed by atoms with van der Waals surface area (Å²) in [5, 5.41) is 4.33. The number of hydrogen-bond acceptors (Lipinski definition) is 6. The average Bonchev–Trinajstić information content (AvgIpc) is 3.02. The highest BCUT2D eigenvalue weighted by molar-refractivity contribution is 6.07. The predicted octanol–water partition coefficient (Wildman–Crippen LogP) is 2.35. The second kappa shape index (κ2) is 6.88. The van der Waals surface area contributed by atoms with Crippen molar-refractivity contribution in [2.24, 2.45) is 0 Å². The first-order chi connectivity index (χ1) is 12.1. The Morgan fingerprint density at radius 3 is 2.52 bits per heavy atom. The van der Waals surface area contributed by atoms with Crippen LogP contribution in [-0.4, -0.2) is 41.2 Å². The van der Waals surface area contributed by atoms with Gasteiger partial charge in [-0.15, -0.1) is 0 Å². The molecule has 1 aromatic carbocycles. The number of methoxy groups -OCH3 is 1. The molecule has 7 heteroatoms. The Bertz CT molecular complexity index is 836. The summed E-state index contributed by atoms with van der Waals surface area (Å²) in [6, 6.07) is 6.63. The summed E-state index contributed by atoms with van der Waals surface area (Å²) in [5.41, 5.74) is 2.17. The molecule has 0 fully saturated rings. The molecule has 0 aliphatic heterocycles. The third-order valence-electron chi connectivity index (χ3n) is 4.08. The second-order valence-electron chi connectivity index (χ2n) is 5.62. The fourth-order valence-electron chi connectivity index (χ4n) is 2.93. The van der Waals surface area contributed by atoms with E-state index in [-0.39, 0.29) is 18.1 Å². The summed E-state index contributed by atoms with van der Waals surface area (Å²) >= 11 is 0. The maximum absolute atomic E-state index is 12.3. The van der Waals surface area contributed by atoms with E-state index >= 15 is 0 Å². The second-order valence-corrected chi connectivity index (χ2v) is 5.62. The van der Waals surface area contributed by atoms with Crippen LogP contribution in [0.5, 0.6) is 0 Å². The number of ether oxygens (including phenoxy) is 2. The van der Waals surface area contributed by atoms with E-state index in [1.807, 2.05) is 0 Å². The smallest absolute Gasteiger partial charge is 0.359 e. The number of carbonyl (C=O) groups excluding carboxylic acids is 3. The molecule has 1 aliphatic carbocycles. The van der Waals surface area contributed by atoms with Gasteiger partial charge in [-0.25, -0.2) is 14.3 Å². The van der Waals surface area contributed by atoms with Crippen LogP contribution < -0.4 is 0 Å². The summed E-state index contributed by atoms with van der Waals surface area (Å²) in [7, 11) is 1.32. The standard InChI is InChI=1S/C18H18N2O5/c1-3-25-18(23)16-15-13(5-4-6-14(15)21)20(19-16)12-9-7-11(8-10-12)17(22)24-2/h7-10H,3-6H2,1-2H3. The topological polar surface area (TPSA) is 87.5 Å². The van der Waals surface area contributed by atoms with Crippen molar-refractivity contribution in [1.29, 1.82) is 0 Å². The quantitative estimate of drug-likeness (QED) is 0.793. The minimum Gasteiger partial charge on any atom is -0.465 e. The Balaban J connectivity index is 2.07. The van der Waals surface area contributed by atoms with E-state index in [0.717, 1.165) is 0 Å². The molecule has 0 bridgehead atoms. The van der Waals surface area contributed by atoms with Crippen molar-refractivity contribution in [2.75, 3.05) is 13.7 Å². The van der Waals surface area contributed by atoms with E-state index in [9.17, 15) is 14.4 Å². The molecule has 3 rings (SSSR count). The third-order valence-corrected chi connectivity index (χ3v) is 4.08. The molecule has 7 nitrogen and oxygen atoms in total. The van der Waals surface area contributed by atoms with Gasteiger partial charge in [0.15, 0.2) is 11.5 Å². The van der Waals surface area contributed by atoms with Gasteiger partial charge in [0.2, 0.25) is 0 Å². The van der Waals surface area contributed by atoms with E-state index in [4.69, 9.17) is 4.74 Å². The van der Waals surface area contributed by atoms with Gasteiger partial charge in [-0.05, 0) is 44.0 Å². The van der Waals surface area contributed by atoms with Crippen LogP contribution in [0.15, 0.2) is 24.3 Å². The van der Waals surface area contributed by atoms with Gasteiger partial charge in [-0.1, -0.05) is 0 Å². The SMILES string of the molecule is CCOC(=O)c1nn(-c2ccc(C(=O)OC)cc2)c2c1C(=O)CCC2. The maximum Gasteiger partial charge on any atom is 0.359 e. The zero-order valence-corrected chi connectivity index (χ0v) is 14.1. The van der Waals surface area contributed by atoms with E-state index < -0.39 is 11.9 Å². The first-order valence-corrected chi connectivity index (χ1v) is 8.07. The first kappa shape index (κ1) is 16.9. The van der Waals surface area contributed by atoms with E-state index in [1.54, 1.807) is 35.9 Å². The van der Waals surface area contributed by atoms with Crippen molar-refractivity contribution in [1.82, 2.24) is 9.78 Å². The van der Waals surface area contributed by atoms with Crippen LogP contribution in [0, 0.1) is 0 Å². The predicted molar refractivity (Wildman–Crippen MR) is 88.1 cm³/mol. The fraction of sp³-hybridized carbons (Fsp3) is 0.333. The lowest BCUT2D eigenvalue weighted by atomic mass is 9.94. The number of Topliss-reactive ketones (excluding diaryl/α,β-unsaturated/α-hetero) is 1. The Hall–Kier alpha value is -2.96. The Labute approximate surface area is 144 Å². The minimum absolute atomic E-state index is 0.0543. The molecule has 0 unspecified atom stereocenters. The summed E-state index contributed by atoms with van der Waals surface area (Å²) in [6.07, 6.45) is 1.75. The minimum atomic E-state index is -0.598. The normalized spacial score (nSPS) is 13.3. The number of aromatic nitrogens is 2. The molecule has 0 saturated heterocycles. The largest absolute Gasteiger partial charge is 0.465 e. The molecule has 0 N–H and O–H groups in total. The molecule has 0 saturated carbocycles. The van der Waals surface area contributed by atoms with Gasteiger partial charge in [0.1, 0.15) is 0 Å². The van der Waals surface area contributed by atoms with Crippen molar-refractivity contribution in [2.45, 2.75) is 26.2 Å². The highest BCUT2D eigenvalue weighted by Gasteiger charge is 2.31. The highest BCUT2D eigenvalue weighted by Crippen LogP contribution is 2.27. The van der Waals surface area contributed by atoms with E-state index in [0.29, 0.717) is 41.8 Å². The molecule has 2 aromatic rings. The number of ketones is 1. The van der Waals surface area contributed by atoms with Crippen LogP contribution in [0.4, 0.5) is 0 Å². The summed E-state index contributed by atoms with van der Waals surface area (Å²) in [5.74, 6) is -1.13. The van der Waals surface area contributed by atoms with Gasteiger partial charge in [-0.2, -0.15) is 5.10 Å². The lowest BCUT2D eigenvalue weighted by Gasteiger charge is -2.13. The third kappa shape index (κ3) is 3.05. The molecular weight excluding hydrogens is 324 g/mol. The number of fused-ring (bicyclic) bond motifs is 1. The summed E-state index contributed by atoms with van der Waals surface area (Å²) < 4.78 is 11.3. The van der Waals surface area contributed by atoms with Crippen LogP contribution in [0.25, 0.3) is 5.69 Å². The van der Waals surface area contributed by atoms with Crippen LogP contribution in [-0.2, 0) is 15.9 Å². The highest BCUT2D eigenvalue weighted by atomic mass is 16.5. The number of nitrogens with zero attached hydrogens (tertiary/aromatic N) is 2. The number of hydrogen-bond donors (Lipinski definition) is 0. The lowest BCUT2D eigenvalue weighted by Crippen LogP contribution is -2.15. The van der Waals surface area contributed by atoms with E-state index in [1.165, 1.54) is 7.11 Å². The lowest BCUT2D eigenvalue weighted by molar-refractivity contribution is 0.0514. The van der Waals surface area contributed by atoms with Gasteiger partial charge in [0.25, 0.3) is 0 Å². The molecule has 0 atom stereocenters. The first-order valence-electron chi connectivity index (χ1n) is 8.07. The summed E-state index contributed by atoms with van der Waals surface area (Å²) in [4.78, 5) is 36.0. The van der Waals surface area contributed by atoms with Crippen LogP contribution >= 0.6 is 0 Å². The van der Waals surface area contributed by atoms with Gasteiger partial charge in [-0.3, -0.25) is 4.79 Å². The van der Waals surface area contributed by atoms with Gasteiger partial charge >= 0.3 is 11.9 Å². The van der Waals surface area contributed by atoms with Crippen molar-refractivity contribution >= 4 is 17.7 Å². The molecule has 0 amide bonds. The molecule has 25 heavy (non-hydrogen) atoms. The zero-order chi connectivity index (χ0) is 18.0. The van der Waals surface area contributed by atoms with Gasteiger partial charge < -0.3 is 9.47 Å². The number of carbonyl (C=O) groups is 3. The van der Waals surface area contributed by atoms with Crippen LogP contribution in [0.1, 0.15) is 56.7 Å². The fourth-order valence-corrected chi connectivity index (χ4v) is 2.93. The Kier molecular flexibility index (Phi) is 4.65. The Morgan fingerprint density at radius 2 is 1.88 bits per heavy atom. The van der Waals surface area contributed by atoms with Crippen molar-refractivity contribution in [3.63, 3.8) is 0 Å². The molecule has 1 aliphatic rings. The number of rotatable bonds is 4. The number of esters is 2. The van der Waals surface area contributed by atoms with Gasteiger partial charge in [0.05, 0.1) is 36.2 Å². The average molecular weight is 342 g/mol. The molecular formula is C18H18N2O5.